The van der Waals surface area contributed by atoms with Crippen LogP contribution in [0.1, 0.15) is 46.7 Å². The van der Waals surface area contributed by atoms with Gasteiger partial charge in [-0.2, -0.15) is 5.26 Å². The van der Waals surface area contributed by atoms with Crippen LogP contribution in [0.15, 0.2) is 97.5 Å². The van der Waals surface area contributed by atoms with Crippen LogP contribution in [0.2, 0.25) is 0 Å². The molecule has 198 valence electrons. The highest BCUT2D eigenvalue weighted by molar-refractivity contribution is 5.79. The molecule has 0 spiro atoms. The molecule has 6 heteroatoms. The van der Waals surface area contributed by atoms with Crippen LogP contribution < -0.4 is 5.32 Å². The Morgan fingerprint density at radius 2 is 1.69 bits per heavy atom. The number of nitrogens with one attached hydrogen (secondary N) is 1. The van der Waals surface area contributed by atoms with Gasteiger partial charge in [-0.15, -0.1) is 0 Å². The number of carbonyl (C=O) groups excluding carboxylic acids is 1. The highest BCUT2D eigenvalue weighted by Gasteiger charge is 2.28. The van der Waals surface area contributed by atoms with Gasteiger partial charge >= 0.3 is 0 Å². The van der Waals surface area contributed by atoms with Crippen LogP contribution in [0.3, 0.4) is 0 Å². The summed E-state index contributed by atoms with van der Waals surface area (Å²) in [4.78, 5) is 19.9. The Morgan fingerprint density at radius 1 is 1.00 bits per heavy atom. The van der Waals surface area contributed by atoms with E-state index < -0.39 is 0 Å². The maximum Gasteiger partial charge on any atom is 0.224 e. The van der Waals surface area contributed by atoms with Crippen LogP contribution in [0.25, 0.3) is 0 Å². The molecule has 1 amide bonds. The van der Waals surface area contributed by atoms with Crippen LogP contribution >= 0.6 is 0 Å². The first-order valence-corrected chi connectivity index (χ1v) is 13.8. The van der Waals surface area contributed by atoms with Gasteiger partial charge in [0, 0.05) is 50.4 Å². The van der Waals surface area contributed by atoms with Gasteiger partial charge < -0.3 is 14.8 Å². The fourth-order valence-corrected chi connectivity index (χ4v) is 5.51. The second-order valence-electron chi connectivity index (χ2n) is 10.3. The van der Waals surface area contributed by atoms with E-state index in [1.807, 2.05) is 36.8 Å². The highest BCUT2D eigenvalue weighted by atomic mass is 16.1. The molecule has 1 aliphatic heterocycles. The first-order valence-electron chi connectivity index (χ1n) is 13.8. The average Bonchev–Trinajstić information content (AvgIpc) is 3.44. The van der Waals surface area contributed by atoms with Crippen LogP contribution in [0.5, 0.6) is 0 Å². The lowest BCUT2D eigenvalue weighted by Gasteiger charge is -2.34. The van der Waals surface area contributed by atoms with Crippen molar-refractivity contribution in [2.75, 3.05) is 26.2 Å². The van der Waals surface area contributed by atoms with Crippen molar-refractivity contribution >= 4 is 5.91 Å². The number of piperidine rings is 1. The standard InChI is InChI=1S/C33H35N5O/c34-20-26-13-15-27(16-14-26)22-38-25-35-21-31(38)17-18-36-33(39)30-12-7-19-37(23-30)24-32(28-8-3-1-4-9-28)29-10-5-2-6-11-29/h1-6,8-11,13-16,21,25,30,32H,7,12,17-19,22-24H2,(H,36,39). The zero-order valence-electron chi connectivity index (χ0n) is 22.2. The molecule has 5 rings (SSSR count). The molecule has 0 saturated carbocycles. The summed E-state index contributed by atoms with van der Waals surface area (Å²) < 4.78 is 2.10. The molecule has 39 heavy (non-hydrogen) atoms. The second-order valence-corrected chi connectivity index (χ2v) is 10.3. The van der Waals surface area contributed by atoms with Crippen molar-refractivity contribution in [3.63, 3.8) is 0 Å². The number of hydrogen-bond donors (Lipinski definition) is 1. The zero-order chi connectivity index (χ0) is 26.9. The number of hydrogen-bond acceptors (Lipinski definition) is 4. The zero-order valence-corrected chi connectivity index (χ0v) is 22.2. The molecule has 1 fully saturated rings. The monoisotopic (exact) mass is 517 g/mol. The van der Waals surface area contributed by atoms with Crippen LogP contribution in [0.4, 0.5) is 0 Å². The van der Waals surface area contributed by atoms with E-state index in [9.17, 15) is 4.79 Å². The number of aromatic nitrogens is 2. The summed E-state index contributed by atoms with van der Waals surface area (Å²) in [7, 11) is 0. The van der Waals surface area contributed by atoms with Gasteiger partial charge in [-0.25, -0.2) is 4.98 Å². The van der Waals surface area contributed by atoms with Crippen molar-refractivity contribution in [1.29, 1.82) is 5.26 Å². The predicted molar refractivity (Wildman–Crippen MR) is 153 cm³/mol. The Kier molecular flexibility index (Phi) is 8.82. The van der Waals surface area contributed by atoms with E-state index in [0.29, 0.717) is 18.7 Å². The predicted octanol–water partition coefficient (Wildman–Crippen LogP) is 5.01. The van der Waals surface area contributed by atoms with Crippen molar-refractivity contribution < 1.29 is 4.79 Å². The van der Waals surface area contributed by atoms with E-state index in [1.54, 1.807) is 0 Å². The number of nitrogens with zero attached hydrogens (tertiary/aromatic N) is 4. The van der Waals surface area contributed by atoms with Gasteiger partial charge in [0.05, 0.1) is 23.9 Å². The summed E-state index contributed by atoms with van der Waals surface area (Å²) in [6.07, 6.45) is 6.38. The molecular formula is C33H35N5O. The Hall–Kier alpha value is -4.21. The number of likely N-dealkylation sites (tertiary alicyclic amines) is 1. The number of rotatable bonds is 10. The quantitative estimate of drug-likeness (QED) is 0.321. The maximum absolute atomic E-state index is 13.1. The summed E-state index contributed by atoms with van der Waals surface area (Å²) in [6.45, 7) is 4.00. The van der Waals surface area contributed by atoms with Crippen molar-refractivity contribution in [3.05, 3.63) is 125 Å². The van der Waals surface area contributed by atoms with Gasteiger partial charge in [0.2, 0.25) is 5.91 Å². The minimum atomic E-state index is 0.00880. The molecule has 0 bridgehead atoms. The summed E-state index contributed by atoms with van der Waals surface area (Å²) in [6, 6.07) is 31.1. The third-order valence-electron chi connectivity index (χ3n) is 7.64. The molecule has 1 atom stereocenters. The Bertz CT molecular complexity index is 1340. The summed E-state index contributed by atoms with van der Waals surface area (Å²) in [5.74, 6) is 0.439. The molecule has 2 heterocycles. The van der Waals surface area contributed by atoms with E-state index in [2.05, 4.69) is 86.5 Å². The van der Waals surface area contributed by atoms with Gasteiger partial charge in [0.25, 0.3) is 0 Å². The van der Waals surface area contributed by atoms with Crippen LogP contribution in [0, 0.1) is 17.2 Å². The molecular weight excluding hydrogens is 482 g/mol. The summed E-state index contributed by atoms with van der Waals surface area (Å²) in [5, 5.41) is 12.2. The maximum atomic E-state index is 13.1. The number of benzene rings is 3. The fourth-order valence-electron chi connectivity index (χ4n) is 5.51. The summed E-state index contributed by atoms with van der Waals surface area (Å²) >= 11 is 0. The molecule has 1 saturated heterocycles. The number of nitriles is 1. The third-order valence-corrected chi connectivity index (χ3v) is 7.64. The molecule has 6 nitrogen and oxygen atoms in total. The largest absolute Gasteiger partial charge is 0.355 e. The normalized spacial score (nSPS) is 15.6. The lowest BCUT2D eigenvalue weighted by Crippen LogP contribution is -2.44. The molecule has 1 N–H and O–H groups in total. The van der Waals surface area contributed by atoms with E-state index in [4.69, 9.17) is 5.26 Å². The van der Waals surface area contributed by atoms with Gasteiger partial charge in [0.15, 0.2) is 0 Å². The first kappa shape index (κ1) is 26.4. The Morgan fingerprint density at radius 3 is 2.36 bits per heavy atom. The van der Waals surface area contributed by atoms with Gasteiger partial charge in [-0.05, 0) is 48.2 Å². The van der Waals surface area contributed by atoms with Crippen molar-refractivity contribution in [2.24, 2.45) is 5.92 Å². The lowest BCUT2D eigenvalue weighted by atomic mass is 9.89. The Labute approximate surface area is 230 Å². The number of amides is 1. The van der Waals surface area contributed by atoms with E-state index >= 15 is 0 Å². The number of carbonyl (C=O) groups is 1. The smallest absolute Gasteiger partial charge is 0.224 e. The molecule has 1 aliphatic rings. The molecule has 1 aromatic heterocycles. The molecule has 0 aliphatic carbocycles. The van der Waals surface area contributed by atoms with Gasteiger partial charge in [0.1, 0.15) is 0 Å². The van der Waals surface area contributed by atoms with Crippen molar-refractivity contribution in [1.82, 2.24) is 19.8 Å². The van der Waals surface area contributed by atoms with E-state index in [-0.39, 0.29) is 17.7 Å². The Balaban J connectivity index is 1.15. The number of imidazole rings is 1. The molecule has 3 aromatic carbocycles. The minimum Gasteiger partial charge on any atom is -0.355 e. The van der Waals surface area contributed by atoms with Gasteiger partial charge in [-0.3, -0.25) is 4.79 Å². The SMILES string of the molecule is N#Cc1ccc(Cn2cncc2CCNC(=O)C2CCCN(CC(c3ccccc3)c3ccccc3)C2)cc1. The van der Waals surface area contributed by atoms with Gasteiger partial charge in [-0.1, -0.05) is 72.8 Å². The second kappa shape index (κ2) is 13.0. The summed E-state index contributed by atoms with van der Waals surface area (Å²) in [5.41, 5.74) is 5.48. The topological polar surface area (TPSA) is 74.0 Å². The van der Waals surface area contributed by atoms with Crippen LogP contribution in [-0.2, 0) is 17.8 Å². The average molecular weight is 518 g/mol. The van der Waals surface area contributed by atoms with E-state index in [1.165, 1.54) is 11.1 Å². The molecule has 4 aromatic rings. The fraction of sp³-hybridized carbons (Fsp3) is 0.303. The molecule has 0 radical (unpaired) electrons. The highest BCUT2D eigenvalue weighted by Crippen LogP contribution is 2.28. The van der Waals surface area contributed by atoms with Crippen LogP contribution in [-0.4, -0.2) is 46.5 Å². The first-order chi connectivity index (χ1) is 19.2. The minimum absolute atomic E-state index is 0.00880. The van der Waals surface area contributed by atoms with Crippen molar-refractivity contribution in [3.8, 4) is 6.07 Å². The third kappa shape index (κ3) is 7.01. The van der Waals surface area contributed by atoms with Crippen molar-refractivity contribution in [2.45, 2.75) is 31.7 Å². The molecule has 1 unspecified atom stereocenters. The lowest BCUT2D eigenvalue weighted by molar-refractivity contribution is -0.126. The van der Waals surface area contributed by atoms with E-state index in [0.717, 1.165) is 50.2 Å².